The molecule has 0 nitrogen and oxygen atoms in total. The molecule has 6 aromatic rings. The Morgan fingerprint density at radius 1 is 0.333 bits per heavy atom. The number of hydrogen-bond acceptors (Lipinski definition) is 0. The molecular formula is C30H24. The van der Waals surface area contributed by atoms with E-state index in [1.807, 2.05) is 13.8 Å². The van der Waals surface area contributed by atoms with Crippen molar-refractivity contribution in [2.45, 2.75) is 13.8 Å². The molecule has 0 N–H and O–H groups in total. The second-order valence-corrected chi connectivity index (χ2v) is 7.48. The lowest BCUT2D eigenvalue weighted by atomic mass is 9.94. The highest BCUT2D eigenvalue weighted by atomic mass is 14.1. The molecule has 6 aromatic carbocycles. The van der Waals surface area contributed by atoms with E-state index in [1.54, 1.807) is 0 Å². The number of rotatable bonds is 1. The van der Waals surface area contributed by atoms with Gasteiger partial charge in [0.25, 0.3) is 0 Å². The van der Waals surface area contributed by atoms with E-state index in [4.69, 9.17) is 0 Å². The third kappa shape index (κ3) is 3.11. The summed E-state index contributed by atoms with van der Waals surface area (Å²) in [6, 6.07) is 39.8. The molecule has 6 rings (SSSR count). The van der Waals surface area contributed by atoms with Crippen LogP contribution in [-0.4, -0.2) is 0 Å². The molecule has 0 aliphatic rings. The number of fused-ring (bicyclic) bond motifs is 5. The van der Waals surface area contributed by atoms with E-state index in [-0.39, 0.29) is 0 Å². The van der Waals surface area contributed by atoms with Crippen molar-refractivity contribution in [3.8, 4) is 11.1 Å². The van der Waals surface area contributed by atoms with Crippen molar-refractivity contribution in [1.82, 2.24) is 0 Å². The molecule has 0 fully saturated rings. The topological polar surface area (TPSA) is 0 Å². The summed E-state index contributed by atoms with van der Waals surface area (Å²) in [5, 5.41) is 10.4. The molecular weight excluding hydrogens is 360 g/mol. The first-order chi connectivity index (χ1) is 14.8. The molecule has 0 bridgehead atoms. The summed E-state index contributed by atoms with van der Waals surface area (Å²) in [7, 11) is 0. The molecule has 0 saturated carbocycles. The fraction of sp³-hybridized carbons (Fsp3) is 0.0667. The maximum atomic E-state index is 2.34. The largest absolute Gasteiger partial charge is 0.0683 e. The van der Waals surface area contributed by atoms with Crippen molar-refractivity contribution < 1.29 is 0 Å². The molecule has 0 radical (unpaired) electrons. The highest BCUT2D eigenvalue weighted by Gasteiger charge is 2.06. The second kappa shape index (κ2) is 7.65. The van der Waals surface area contributed by atoms with E-state index >= 15 is 0 Å². The Morgan fingerprint density at radius 3 is 1.53 bits per heavy atom. The minimum atomic E-state index is 1.26. The van der Waals surface area contributed by atoms with Gasteiger partial charge in [-0.1, -0.05) is 98.8 Å². The SMILES string of the molecule is CC.c1ccc2cc(-c3ccc4ccc5cc6ccccc6cc5c4c3)ccc2c1. The average Bonchev–Trinajstić information content (AvgIpc) is 2.83. The molecule has 144 valence electrons. The molecule has 0 heteroatoms. The van der Waals surface area contributed by atoms with Crippen molar-refractivity contribution in [1.29, 1.82) is 0 Å². The number of hydrogen-bond donors (Lipinski definition) is 0. The van der Waals surface area contributed by atoms with Crippen LogP contribution >= 0.6 is 0 Å². The summed E-state index contributed by atoms with van der Waals surface area (Å²) in [6.07, 6.45) is 0. The van der Waals surface area contributed by atoms with Crippen molar-refractivity contribution in [3.05, 3.63) is 109 Å². The number of benzene rings is 6. The van der Waals surface area contributed by atoms with E-state index in [0.717, 1.165) is 0 Å². The van der Waals surface area contributed by atoms with E-state index in [9.17, 15) is 0 Å². The van der Waals surface area contributed by atoms with Crippen LogP contribution in [0.5, 0.6) is 0 Å². The van der Waals surface area contributed by atoms with Gasteiger partial charge in [0.05, 0.1) is 0 Å². The van der Waals surface area contributed by atoms with E-state index < -0.39 is 0 Å². The lowest BCUT2D eigenvalue weighted by molar-refractivity contribution is 1.50. The van der Waals surface area contributed by atoms with Crippen molar-refractivity contribution in [2.24, 2.45) is 0 Å². The molecule has 0 amide bonds. The van der Waals surface area contributed by atoms with Crippen molar-refractivity contribution >= 4 is 43.1 Å². The third-order valence-corrected chi connectivity index (χ3v) is 5.79. The standard InChI is InChI=1S/C28H18.C2H6/c1-2-6-21-15-24(12-9-19(21)5-1)25-13-10-20-11-14-26-16-22-7-3-4-8-23(22)17-28(26)27(20)18-25;1-2/h1-18H;1-2H3. The summed E-state index contributed by atoms with van der Waals surface area (Å²) in [4.78, 5) is 0. The molecule has 0 saturated heterocycles. The van der Waals surface area contributed by atoms with Gasteiger partial charge in [-0.2, -0.15) is 0 Å². The van der Waals surface area contributed by atoms with Crippen LogP contribution < -0.4 is 0 Å². The molecule has 0 heterocycles. The summed E-state index contributed by atoms with van der Waals surface area (Å²) < 4.78 is 0. The summed E-state index contributed by atoms with van der Waals surface area (Å²) >= 11 is 0. The van der Waals surface area contributed by atoms with Gasteiger partial charge >= 0.3 is 0 Å². The van der Waals surface area contributed by atoms with Crippen LogP contribution in [0.1, 0.15) is 13.8 Å². The first-order valence-corrected chi connectivity index (χ1v) is 10.7. The quantitative estimate of drug-likeness (QED) is 0.196. The molecule has 0 aliphatic carbocycles. The summed E-state index contributed by atoms with van der Waals surface area (Å²) in [5.74, 6) is 0. The molecule has 30 heavy (non-hydrogen) atoms. The van der Waals surface area contributed by atoms with E-state index in [1.165, 1.54) is 54.2 Å². The van der Waals surface area contributed by atoms with Crippen LogP contribution in [0.25, 0.3) is 54.2 Å². The fourth-order valence-electron chi connectivity index (χ4n) is 4.29. The van der Waals surface area contributed by atoms with Crippen LogP contribution in [0.2, 0.25) is 0 Å². The Kier molecular flexibility index (Phi) is 4.69. The smallest absolute Gasteiger partial charge is 0.00988 e. The normalized spacial score (nSPS) is 11.0. The molecule has 0 spiro atoms. The van der Waals surface area contributed by atoms with Gasteiger partial charge in [0.2, 0.25) is 0 Å². The van der Waals surface area contributed by atoms with Gasteiger partial charge in [0.1, 0.15) is 0 Å². The Balaban J connectivity index is 0.000000937. The van der Waals surface area contributed by atoms with Crippen LogP contribution in [0, 0.1) is 0 Å². The van der Waals surface area contributed by atoms with Crippen LogP contribution in [0.4, 0.5) is 0 Å². The van der Waals surface area contributed by atoms with Gasteiger partial charge in [-0.05, 0) is 78.5 Å². The van der Waals surface area contributed by atoms with Crippen LogP contribution in [-0.2, 0) is 0 Å². The van der Waals surface area contributed by atoms with Gasteiger partial charge < -0.3 is 0 Å². The Labute approximate surface area is 177 Å². The maximum Gasteiger partial charge on any atom is -0.00988 e. The average molecular weight is 385 g/mol. The first kappa shape index (κ1) is 18.4. The van der Waals surface area contributed by atoms with E-state index in [0.29, 0.717) is 0 Å². The Hall–Kier alpha value is -3.64. The van der Waals surface area contributed by atoms with E-state index in [2.05, 4.69) is 109 Å². The Bertz CT molecular complexity index is 1510. The maximum absolute atomic E-state index is 2.34. The van der Waals surface area contributed by atoms with Crippen molar-refractivity contribution in [2.75, 3.05) is 0 Å². The predicted molar refractivity (Wildman–Crippen MR) is 133 cm³/mol. The molecule has 0 unspecified atom stereocenters. The zero-order valence-electron chi connectivity index (χ0n) is 17.4. The molecule has 0 aliphatic heterocycles. The highest BCUT2D eigenvalue weighted by Crippen LogP contribution is 2.33. The Morgan fingerprint density at radius 2 is 0.800 bits per heavy atom. The van der Waals surface area contributed by atoms with Crippen molar-refractivity contribution in [3.63, 3.8) is 0 Å². The third-order valence-electron chi connectivity index (χ3n) is 5.79. The van der Waals surface area contributed by atoms with Crippen LogP contribution in [0.15, 0.2) is 109 Å². The van der Waals surface area contributed by atoms with Gasteiger partial charge in [-0.3, -0.25) is 0 Å². The van der Waals surface area contributed by atoms with Gasteiger partial charge in [-0.15, -0.1) is 0 Å². The monoisotopic (exact) mass is 384 g/mol. The molecule has 0 atom stereocenters. The minimum Gasteiger partial charge on any atom is -0.0683 e. The van der Waals surface area contributed by atoms with Gasteiger partial charge in [-0.25, -0.2) is 0 Å². The highest BCUT2D eigenvalue weighted by molar-refractivity contribution is 6.13. The summed E-state index contributed by atoms with van der Waals surface area (Å²) in [6.45, 7) is 4.00. The lowest BCUT2D eigenvalue weighted by Gasteiger charge is -2.10. The molecule has 0 aromatic heterocycles. The zero-order chi connectivity index (χ0) is 20.5. The predicted octanol–water partition coefficient (Wildman–Crippen LogP) is 8.99. The van der Waals surface area contributed by atoms with Gasteiger partial charge in [0.15, 0.2) is 0 Å². The fourth-order valence-corrected chi connectivity index (χ4v) is 4.29. The van der Waals surface area contributed by atoms with Crippen LogP contribution in [0.3, 0.4) is 0 Å². The van der Waals surface area contributed by atoms with Gasteiger partial charge in [0, 0.05) is 0 Å². The second-order valence-electron chi connectivity index (χ2n) is 7.48. The summed E-state index contributed by atoms with van der Waals surface area (Å²) in [5.41, 5.74) is 2.53. The zero-order valence-corrected chi connectivity index (χ0v) is 17.4. The minimum absolute atomic E-state index is 1.26. The first-order valence-electron chi connectivity index (χ1n) is 10.7. The lowest BCUT2D eigenvalue weighted by Crippen LogP contribution is -1.83.